The highest BCUT2D eigenvalue weighted by Crippen LogP contribution is 2.50. The second kappa shape index (κ2) is 3.81. The lowest BCUT2D eigenvalue weighted by atomic mass is 10.0. The van der Waals surface area contributed by atoms with Crippen molar-refractivity contribution in [1.82, 2.24) is 5.32 Å². The fraction of sp³-hybridized carbons (Fsp3) is 0.308. The first kappa shape index (κ1) is 12.2. The lowest BCUT2D eigenvalue weighted by Crippen LogP contribution is -2.59. The van der Waals surface area contributed by atoms with Crippen LogP contribution >= 0.6 is 11.6 Å². The molecule has 1 N–H and O–H groups in total. The lowest BCUT2D eigenvalue weighted by Gasteiger charge is -2.31. The highest BCUT2D eigenvalue weighted by Gasteiger charge is 2.62. The number of hydrogen-bond donors (Lipinski definition) is 1. The quantitative estimate of drug-likeness (QED) is 0.799. The maximum absolute atomic E-state index is 12.4. The zero-order valence-corrected chi connectivity index (χ0v) is 11.0. The number of nitrogens with one attached hydrogen (secondary N) is 1. The normalized spacial score (nSPS) is 20.7. The molecule has 0 atom stereocenters. The molecule has 1 saturated heterocycles. The highest BCUT2D eigenvalue weighted by molar-refractivity contribution is 6.33. The number of anilines is 1. The van der Waals surface area contributed by atoms with E-state index in [0.717, 1.165) is 10.5 Å². The Balaban J connectivity index is 2.08. The molecule has 6 heteroatoms. The first-order chi connectivity index (χ1) is 8.95. The maximum atomic E-state index is 12.4. The van der Waals surface area contributed by atoms with E-state index in [4.69, 9.17) is 11.6 Å². The monoisotopic (exact) mass is 278 g/mol. The summed E-state index contributed by atoms with van der Waals surface area (Å²) in [4.78, 5) is 37.1. The van der Waals surface area contributed by atoms with Gasteiger partial charge in [0.2, 0.25) is 5.91 Å². The Hall–Kier alpha value is -1.88. The predicted molar refractivity (Wildman–Crippen MR) is 68.9 cm³/mol. The van der Waals surface area contributed by atoms with Crippen molar-refractivity contribution in [2.75, 3.05) is 4.90 Å². The van der Waals surface area contributed by atoms with E-state index in [1.807, 2.05) is 0 Å². The Bertz CT molecular complexity index is 622. The van der Waals surface area contributed by atoms with Gasteiger partial charge in [0.05, 0.1) is 5.69 Å². The van der Waals surface area contributed by atoms with Gasteiger partial charge in [-0.05, 0) is 37.5 Å². The van der Waals surface area contributed by atoms with Gasteiger partial charge in [-0.1, -0.05) is 17.7 Å². The van der Waals surface area contributed by atoms with Gasteiger partial charge >= 0.3 is 6.03 Å². The van der Waals surface area contributed by atoms with Crippen molar-refractivity contribution in [3.05, 3.63) is 28.8 Å². The van der Waals surface area contributed by atoms with Crippen molar-refractivity contribution in [2.24, 2.45) is 5.41 Å². The van der Waals surface area contributed by atoms with Crippen LogP contribution in [-0.2, 0) is 9.59 Å². The Morgan fingerprint density at radius 1 is 1.26 bits per heavy atom. The number of carbonyl (C=O) groups excluding carboxylic acids is 3. The van der Waals surface area contributed by atoms with E-state index >= 15 is 0 Å². The van der Waals surface area contributed by atoms with Crippen molar-refractivity contribution in [2.45, 2.75) is 19.8 Å². The summed E-state index contributed by atoms with van der Waals surface area (Å²) in [7, 11) is 0. The molecule has 2 aliphatic rings. The van der Waals surface area contributed by atoms with Gasteiger partial charge in [0.15, 0.2) is 0 Å². The van der Waals surface area contributed by atoms with Gasteiger partial charge in [0, 0.05) is 5.02 Å². The molecule has 1 heterocycles. The van der Waals surface area contributed by atoms with Crippen LogP contribution in [0.5, 0.6) is 0 Å². The molecule has 2 fully saturated rings. The van der Waals surface area contributed by atoms with E-state index < -0.39 is 23.3 Å². The van der Waals surface area contributed by atoms with Crippen molar-refractivity contribution in [3.8, 4) is 0 Å². The van der Waals surface area contributed by atoms with E-state index in [2.05, 4.69) is 5.32 Å². The van der Waals surface area contributed by atoms with Crippen LogP contribution < -0.4 is 10.2 Å². The van der Waals surface area contributed by atoms with Gasteiger partial charge in [0.1, 0.15) is 5.41 Å². The Morgan fingerprint density at radius 2 is 1.95 bits per heavy atom. The number of carbonyl (C=O) groups is 3. The first-order valence-corrected chi connectivity index (χ1v) is 6.30. The lowest BCUT2D eigenvalue weighted by molar-refractivity contribution is -0.136. The summed E-state index contributed by atoms with van der Waals surface area (Å²) in [5.41, 5.74) is 0.134. The molecule has 1 spiro atoms. The minimum Gasteiger partial charge on any atom is -0.276 e. The number of urea groups is 1. The average molecular weight is 279 g/mol. The SMILES string of the molecule is Cc1ccc(Cl)cc1N1C(=O)NC(=O)C2(CC2)C1=O. The Labute approximate surface area is 114 Å². The van der Waals surface area contributed by atoms with E-state index in [9.17, 15) is 14.4 Å². The van der Waals surface area contributed by atoms with Crippen molar-refractivity contribution < 1.29 is 14.4 Å². The minimum atomic E-state index is -1.04. The van der Waals surface area contributed by atoms with Gasteiger partial charge in [0.25, 0.3) is 5.91 Å². The van der Waals surface area contributed by atoms with Crippen molar-refractivity contribution >= 4 is 35.1 Å². The molecule has 4 amide bonds. The number of aryl methyl sites for hydroxylation is 1. The predicted octanol–water partition coefficient (Wildman–Crippen LogP) is 2.01. The van der Waals surface area contributed by atoms with Gasteiger partial charge in [-0.3, -0.25) is 14.9 Å². The topological polar surface area (TPSA) is 66.5 Å². The fourth-order valence-corrected chi connectivity index (χ4v) is 2.45. The fourth-order valence-electron chi connectivity index (χ4n) is 2.28. The standard InChI is InChI=1S/C13H11ClN2O3/c1-7-2-3-8(14)6-9(7)16-11(18)13(4-5-13)10(17)15-12(16)19/h2-3,6H,4-5H2,1H3,(H,15,17,19). The van der Waals surface area contributed by atoms with Gasteiger partial charge in [-0.15, -0.1) is 0 Å². The van der Waals surface area contributed by atoms with Crippen LogP contribution in [0.4, 0.5) is 10.5 Å². The molecular formula is C13H11ClN2O3. The molecule has 0 radical (unpaired) electrons. The molecule has 19 heavy (non-hydrogen) atoms. The summed E-state index contributed by atoms with van der Waals surface area (Å²) in [6, 6.07) is 4.26. The van der Waals surface area contributed by atoms with Crippen LogP contribution in [0.3, 0.4) is 0 Å². The summed E-state index contributed by atoms with van der Waals surface area (Å²) in [5, 5.41) is 2.68. The Kier molecular flexibility index (Phi) is 2.44. The second-order valence-electron chi connectivity index (χ2n) is 4.91. The third-order valence-electron chi connectivity index (χ3n) is 3.63. The van der Waals surface area contributed by atoms with Crippen LogP contribution in [0.25, 0.3) is 0 Å². The zero-order valence-electron chi connectivity index (χ0n) is 10.2. The van der Waals surface area contributed by atoms with Crippen LogP contribution in [-0.4, -0.2) is 17.8 Å². The van der Waals surface area contributed by atoms with Crippen LogP contribution in [0.1, 0.15) is 18.4 Å². The second-order valence-corrected chi connectivity index (χ2v) is 5.35. The number of halogens is 1. The molecule has 1 aliphatic carbocycles. The molecule has 98 valence electrons. The number of imide groups is 2. The summed E-state index contributed by atoms with van der Waals surface area (Å²) in [6.07, 6.45) is 0.974. The van der Waals surface area contributed by atoms with Crippen molar-refractivity contribution in [3.63, 3.8) is 0 Å². The number of amides is 4. The first-order valence-electron chi connectivity index (χ1n) is 5.92. The number of hydrogen-bond acceptors (Lipinski definition) is 3. The summed E-state index contributed by atoms with van der Waals surface area (Å²) >= 11 is 5.91. The number of rotatable bonds is 1. The number of benzene rings is 1. The van der Waals surface area contributed by atoms with Crippen LogP contribution in [0, 0.1) is 12.3 Å². The molecule has 0 aromatic heterocycles. The average Bonchev–Trinajstić information content (AvgIpc) is 3.13. The summed E-state index contributed by atoms with van der Waals surface area (Å²) < 4.78 is 0. The van der Waals surface area contributed by atoms with E-state index in [1.54, 1.807) is 25.1 Å². The maximum Gasteiger partial charge on any atom is 0.335 e. The third-order valence-corrected chi connectivity index (χ3v) is 3.87. The van der Waals surface area contributed by atoms with Crippen LogP contribution in [0.15, 0.2) is 18.2 Å². The molecule has 1 aromatic carbocycles. The molecule has 1 aromatic rings. The summed E-state index contributed by atoms with van der Waals surface area (Å²) in [5.74, 6) is -0.940. The zero-order chi connectivity index (χ0) is 13.8. The van der Waals surface area contributed by atoms with Crippen LogP contribution in [0.2, 0.25) is 5.02 Å². The largest absolute Gasteiger partial charge is 0.335 e. The smallest absolute Gasteiger partial charge is 0.276 e. The molecule has 0 unspecified atom stereocenters. The van der Waals surface area contributed by atoms with Gasteiger partial charge < -0.3 is 0 Å². The van der Waals surface area contributed by atoms with E-state index in [0.29, 0.717) is 23.6 Å². The highest BCUT2D eigenvalue weighted by atomic mass is 35.5. The van der Waals surface area contributed by atoms with E-state index in [1.165, 1.54) is 0 Å². The Morgan fingerprint density at radius 3 is 2.58 bits per heavy atom. The number of barbiturate groups is 1. The molecular weight excluding hydrogens is 268 g/mol. The van der Waals surface area contributed by atoms with E-state index in [-0.39, 0.29) is 0 Å². The van der Waals surface area contributed by atoms with Crippen molar-refractivity contribution in [1.29, 1.82) is 0 Å². The number of nitrogens with zero attached hydrogens (tertiary/aromatic N) is 1. The van der Waals surface area contributed by atoms with Gasteiger partial charge in [-0.25, -0.2) is 9.69 Å². The molecule has 5 nitrogen and oxygen atoms in total. The molecule has 3 rings (SSSR count). The van der Waals surface area contributed by atoms with Gasteiger partial charge in [-0.2, -0.15) is 0 Å². The summed E-state index contributed by atoms with van der Waals surface area (Å²) in [6.45, 7) is 1.78. The molecule has 1 saturated carbocycles. The third kappa shape index (κ3) is 1.65. The molecule has 1 aliphatic heterocycles. The minimum absolute atomic E-state index is 0.425. The molecule has 0 bridgehead atoms.